The molecule has 1 amide bonds. The van der Waals surface area contributed by atoms with Gasteiger partial charge in [0.1, 0.15) is 5.60 Å². The Kier molecular flexibility index (Phi) is 4.88. The second kappa shape index (κ2) is 7.94. The number of hydrogen-bond acceptors (Lipinski definition) is 7. The third-order valence-electron chi connectivity index (χ3n) is 7.85. The van der Waals surface area contributed by atoms with Crippen molar-refractivity contribution in [3.63, 3.8) is 0 Å². The van der Waals surface area contributed by atoms with Gasteiger partial charge < -0.3 is 14.7 Å². The molecule has 13 heteroatoms. The molecule has 1 fully saturated rings. The Hall–Kier alpha value is -4.13. The number of aromatic nitrogens is 5. The zero-order valence-corrected chi connectivity index (χ0v) is 20.4. The largest absolute Gasteiger partial charge is 0.417 e. The van der Waals surface area contributed by atoms with Crippen LogP contribution >= 0.6 is 0 Å². The van der Waals surface area contributed by atoms with Gasteiger partial charge in [0, 0.05) is 67.3 Å². The van der Waals surface area contributed by atoms with E-state index >= 15 is 0 Å². The van der Waals surface area contributed by atoms with E-state index in [4.69, 9.17) is 9.84 Å². The highest BCUT2D eigenvalue weighted by atomic mass is 19.3. The standard InChI is InChI=1S/C26H20F4N6O3/c1-35-17-7-15(18-14(22(35)37)2-4-31-21(18)39-24(27)28)19-16-6-12(3-5-36(16)34-20(17)19)13-8-32-23(33-9-13)25(38)10-26(29,30)11-25/h2-6,8-9,15,17,24,38H,7,10-11H2,1H3/t15-,17-/m1/s1. The second-order valence-corrected chi connectivity index (χ2v) is 10.3. The van der Waals surface area contributed by atoms with E-state index in [-0.39, 0.29) is 29.2 Å². The predicted octanol–water partition coefficient (Wildman–Crippen LogP) is 4.07. The van der Waals surface area contributed by atoms with Crippen molar-refractivity contribution in [2.75, 3.05) is 7.05 Å². The highest BCUT2D eigenvalue weighted by molar-refractivity contribution is 5.98. The van der Waals surface area contributed by atoms with Crippen LogP contribution in [0.15, 0.2) is 43.0 Å². The Labute approximate surface area is 218 Å². The molecular weight excluding hydrogens is 520 g/mol. The van der Waals surface area contributed by atoms with Crippen LogP contribution in [0.3, 0.4) is 0 Å². The molecule has 39 heavy (non-hydrogen) atoms. The van der Waals surface area contributed by atoms with Crippen molar-refractivity contribution in [3.05, 3.63) is 71.2 Å². The van der Waals surface area contributed by atoms with Crippen LogP contribution in [0.25, 0.3) is 16.6 Å². The summed E-state index contributed by atoms with van der Waals surface area (Å²) in [5.74, 6) is -4.09. The van der Waals surface area contributed by atoms with E-state index in [1.165, 1.54) is 24.7 Å². The van der Waals surface area contributed by atoms with E-state index in [2.05, 4.69) is 15.0 Å². The van der Waals surface area contributed by atoms with Gasteiger partial charge >= 0.3 is 6.61 Å². The molecule has 0 unspecified atom stereocenters. The van der Waals surface area contributed by atoms with E-state index in [0.29, 0.717) is 34.3 Å². The number of amides is 1. The number of rotatable bonds is 4. The van der Waals surface area contributed by atoms with Crippen LogP contribution in [0.4, 0.5) is 17.6 Å². The molecule has 0 spiro atoms. The first-order valence-corrected chi connectivity index (χ1v) is 12.2. The van der Waals surface area contributed by atoms with Gasteiger partial charge in [0.05, 0.1) is 22.8 Å². The third-order valence-corrected chi connectivity index (χ3v) is 7.85. The molecule has 0 radical (unpaired) electrons. The number of carbonyl (C=O) groups excluding carboxylic acids is 1. The lowest BCUT2D eigenvalue weighted by molar-refractivity contribution is -0.214. The van der Waals surface area contributed by atoms with Gasteiger partial charge in [-0.05, 0) is 30.2 Å². The van der Waals surface area contributed by atoms with Crippen molar-refractivity contribution < 1.29 is 32.2 Å². The van der Waals surface area contributed by atoms with E-state index in [9.17, 15) is 27.5 Å². The number of ether oxygens (including phenoxy) is 1. The maximum absolute atomic E-state index is 13.3. The van der Waals surface area contributed by atoms with Gasteiger partial charge in [-0.15, -0.1) is 0 Å². The highest BCUT2D eigenvalue weighted by Crippen LogP contribution is 2.53. The summed E-state index contributed by atoms with van der Waals surface area (Å²) >= 11 is 0. The number of nitrogens with zero attached hydrogens (tertiary/aromatic N) is 6. The van der Waals surface area contributed by atoms with Crippen molar-refractivity contribution in [1.29, 1.82) is 0 Å². The van der Waals surface area contributed by atoms with Crippen LogP contribution in [0.5, 0.6) is 5.88 Å². The molecule has 3 aliphatic rings. The predicted molar refractivity (Wildman–Crippen MR) is 126 cm³/mol. The Morgan fingerprint density at radius 1 is 1.10 bits per heavy atom. The quantitative estimate of drug-likeness (QED) is 0.389. The minimum atomic E-state index is -3.11. The van der Waals surface area contributed by atoms with Crippen molar-refractivity contribution in [2.24, 2.45) is 0 Å². The van der Waals surface area contributed by atoms with Crippen LogP contribution in [0, 0.1) is 0 Å². The number of halogens is 4. The van der Waals surface area contributed by atoms with E-state index < -0.39 is 36.9 Å². The van der Waals surface area contributed by atoms with E-state index in [1.807, 2.05) is 6.07 Å². The molecule has 9 nitrogen and oxygen atoms in total. The minimum absolute atomic E-state index is 0.0584. The van der Waals surface area contributed by atoms with Gasteiger partial charge in [0.25, 0.3) is 11.8 Å². The van der Waals surface area contributed by atoms with Crippen molar-refractivity contribution in [2.45, 2.75) is 49.4 Å². The maximum atomic E-state index is 13.3. The Balaban J connectivity index is 1.33. The van der Waals surface area contributed by atoms with Crippen LogP contribution in [0.1, 0.15) is 64.2 Å². The molecule has 2 atom stereocenters. The fourth-order valence-electron chi connectivity index (χ4n) is 6.09. The van der Waals surface area contributed by atoms with Crippen LogP contribution in [-0.4, -0.2) is 60.1 Å². The van der Waals surface area contributed by atoms with Crippen molar-refractivity contribution in [3.8, 4) is 17.0 Å². The van der Waals surface area contributed by atoms with Crippen molar-refractivity contribution >= 4 is 11.4 Å². The average molecular weight is 540 g/mol. The fraction of sp³-hybridized carbons (Fsp3) is 0.346. The highest BCUT2D eigenvalue weighted by Gasteiger charge is 2.58. The number of pyridine rings is 2. The lowest BCUT2D eigenvalue weighted by Crippen LogP contribution is -2.50. The molecule has 5 heterocycles. The number of aliphatic hydroxyl groups is 1. The van der Waals surface area contributed by atoms with Crippen LogP contribution < -0.4 is 4.74 Å². The molecular formula is C26H20F4N6O3. The summed E-state index contributed by atoms with van der Waals surface area (Å²) in [4.78, 5) is 27.1. The first-order valence-electron chi connectivity index (χ1n) is 12.2. The van der Waals surface area contributed by atoms with Gasteiger partial charge in [-0.2, -0.15) is 13.9 Å². The smallest absolute Gasteiger partial charge is 0.388 e. The summed E-state index contributed by atoms with van der Waals surface area (Å²) in [6.07, 6.45) is 4.92. The lowest BCUT2D eigenvalue weighted by atomic mass is 9.76. The second-order valence-electron chi connectivity index (χ2n) is 10.3. The maximum Gasteiger partial charge on any atom is 0.388 e. The molecule has 4 aromatic rings. The number of hydrogen-bond donors (Lipinski definition) is 1. The summed E-state index contributed by atoms with van der Waals surface area (Å²) in [5.41, 5.74) is 2.20. The zero-order chi connectivity index (χ0) is 27.3. The van der Waals surface area contributed by atoms with Gasteiger partial charge in [-0.3, -0.25) is 4.79 Å². The average Bonchev–Trinajstić information content (AvgIpc) is 3.40. The normalized spacial score (nSPS) is 22.4. The van der Waals surface area contributed by atoms with Gasteiger partial charge in [0.15, 0.2) is 5.82 Å². The molecule has 7 rings (SSSR count). The van der Waals surface area contributed by atoms with E-state index in [1.54, 1.807) is 28.7 Å². The monoisotopic (exact) mass is 540 g/mol. The molecule has 1 N–H and O–H groups in total. The van der Waals surface area contributed by atoms with Crippen LogP contribution in [-0.2, 0) is 5.60 Å². The summed E-state index contributed by atoms with van der Waals surface area (Å²) in [6, 6.07) is 4.75. The van der Waals surface area contributed by atoms with Gasteiger partial charge in [-0.25, -0.2) is 28.2 Å². The molecule has 200 valence electrons. The lowest BCUT2D eigenvalue weighted by Gasteiger charge is -2.41. The first kappa shape index (κ1) is 23.9. The summed E-state index contributed by atoms with van der Waals surface area (Å²) in [6.45, 7) is -3.11. The molecule has 4 aromatic heterocycles. The molecule has 2 bridgehead atoms. The molecule has 2 aliphatic carbocycles. The Morgan fingerprint density at radius 2 is 1.85 bits per heavy atom. The molecule has 1 saturated carbocycles. The third kappa shape index (κ3) is 3.52. The summed E-state index contributed by atoms with van der Waals surface area (Å²) in [5, 5.41) is 15.1. The number of fused-ring (bicyclic) bond motifs is 9. The summed E-state index contributed by atoms with van der Waals surface area (Å²) in [7, 11) is 1.66. The Morgan fingerprint density at radius 3 is 2.54 bits per heavy atom. The SMILES string of the molecule is CN1C(=O)c2ccnc(OC(F)F)c2[C@H]2C[C@@H]1c1nn3ccc(-c4cnc(C5(O)CC(F)(F)C5)nc4)cc3c12. The van der Waals surface area contributed by atoms with E-state index in [0.717, 1.165) is 5.56 Å². The van der Waals surface area contributed by atoms with Crippen molar-refractivity contribution in [1.82, 2.24) is 29.5 Å². The topological polar surface area (TPSA) is 106 Å². The first-order chi connectivity index (χ1) is 18.5. The zero-order valence-electron chi connectivity index (χ0n) is 20.4. The fourth-order valence-corrected chi connectivity index (χ4v) is 6.09. The molecule has 0 aromatic carbocycles. The molecule has 1 aliphatic heterocycles. The summed E-state index contributed by atoms with van der Waals surface area (Å²) < 4.78 is 59.6. The Bertz CT molecular complexity index is 1650. The van der Waals surface area contributed by atoms with Gasteiger partial charge in [-0.1, -0.05) is 0 Å². The number of carbonyl (C=O) groups is 1. The number of alkyl halides is 4. The van der Waals surface area contributed by atoms with Crippen LogP contribution in [0.2, 0.25) is 0 Å². The molecule has 0 saturated heterocycles. The van der Waals surface area contributed by atoms with Gasteiger partial charge in [0.2, 0.25) is 5.88 Å². The minimum Gasteiger partial charge on any atom is -0.417 e.